The fraction of sp³-hybridized carbons (Fsp3) is 0.391. The van der Waals surface area contributed by atoms with Crippen molar-refractivity contribution in [2.45, 2.75) is 46.2 Å². The molecule has 10 nitrogen and oxygen atoms in total. The molecule has 33 heavy (non-hydrogen) atoms. The molecule has 1 N–H and O–H groups in total. The van der Waals surface area contributed by atoms with Gasteiger partial charge < -0.3 is 19.2 Å². The number of benzene rings is 2. The van der Waals surface area contributed by atoms with Gasteiger partial charge in [-0.2, -0.15) is 0 Å². The lowest BCUT2D eigenvalue weighted by Gasteiger charge is -2.17. The Kier molecular flexibility index (Phi) is 7.70. The van der Waals surface area contributed by atoms with Gasteiger partial charge in [-0.25, -0.2) is 4.79 Å². The van der Waals surface area contributed by atoms with Gasteiger partial charge in [0.05, 0.1) is 35.8 Å². The number of aryl methyl sites for hydroxylation is 1. The third kappa shape index (κ3) is 5.71. The summed E-state index contributed by atoms with van der Waals surface area (Å²) in [6.07, 6.45) is 0.601. The van der Waals surface area contributed by atoms with Crippen molar-refractivity contribution in [3.05, 3.63) is 62.6 Å². The van der Waals surface area contributed by atoms with Gasteiger partial charge in [0, 0.05) is 19.0 Å². The highest BCUT2D eigenvalue weighted by molar-refractivity contribution is 5.77. The van der Waals surface area contributed by atoms with Crippen LogP contribution in [0.15, 0.2) is 45.6 Å². The van der Waals surface area contributed by atoms with Crippen molar-refractivity contribution >= 4 is 22.7 Å². The lowest BCUT2D eigenvalue weighted by molar-refractivity contribution is -0.384. The van der Waals surface area contributed by atoms with E-state index in [0.29, 0.717) is 36.7 Å². The van der Waals surface area contributed by atoms with Crippen LogP contribution < -0.4 is 20.5 Å². The molecule has 1 amide bonds. The molecule has 3 rings (SSSR count). The average molecular weight is 457 g/mol. The average Bonchev–Trinajstić information content (AvgIpc) is 3.09. The minimum absolute atomic E-state index is 0.146. The molecule has 0 bridgehead atoms. The van der Waals surface area contributed by atoms with Crippen LogP contribution in [0.25, 0.3) is 11.1 Å². The molecular formula is C23H27N3O7. The first-order valence-electron chi connectivity index (χ1n) is 10.8. The summed E-state index contributed by atoms with van der Waals surface area (Å²) < 4.78 is 17.7. The Hall–Kier alpha value is -3.82. The summed E-state index contributed by atoms with van der Waals surface area (Å²) in [6, 6.07) is 9.33. The zero-order valence-corrected chi connectivity index (χ0v) is 18.8. The lowest BCUT2D eigenvalue weighted by atomic mass is 10.1. The Balaban J connectivity index is 1.59. The maximum Gasteiger partial charge on any atom is 0.419 e. The van der Waals surface area contributed by atoms with Crippen molar-refractivity contribution in [1.82, 2.24) is 9.88 Å². The molecule has 2 aromatic carbocycles. The van der Waals surface area contributed by atoms with Gasteiger partial charge in [0.15, 0.2) is 17.1 Å². The molecule has 10 heteroatoms. The Labute approximate surface area is 190 Å². The van der Waals surface area contributed by atoms with E-state index < -0.39 is 10.7 Å². The maximum absolute atomic E-state index is 12.5. The number of hydrogen-bond acceptors (Lipinski definition) is 7. The van der Waals surface area contributed by atoms with E-state index in [0.717, 1.165) is 5.56 Å². The molecule has 1 heterocycles. The van der Waals surface area contributed by atoms with Crippen LogP contribution in [0.2, 0.25) is 0 Å². The second-order valence-electron chi connectivity index (χ2n) is 7.39. The summed E-state index contributed by atoms with van der Waals surface area (Å²) in [7, 11) is 0. The maximum atomic E-state index is 12.5. The number of non-ortho nitro benzene ring substituents is 1. The number of fused-ring (bicyclic) bond motifs is 1. The molecule has 0 saturated carbocycles. The van der Waals surface area contributed by atoms with E-state index in [1.165, 1.54) is 22.8 Å². The Bertz CT molecular complexity index is 1200. The van der Waals surface area contributed by atoms with Gasteiger partial charge in [-0.15, -0.1) is 0 Å². The molecule has 3 aromatic rings. The first kappa shape index (κ1) is 23.8. The molecule has 0 spiro atoms. The molecule has 1 aromatic heterocycles. The summed E-state index contributed by atoms with van der Waals surface area (Å²) in [5.74, 6) is 0.511. The topological polar surface area (TPSA) is 126 Å². The summed E-state index contributed by atoms with van der Waals surface area (Å²) in [5.41, 5.74) is 1.33. The van der Waals surface area contributed by atoms with Crippen molar-refractivity contribution in [2.24, 2.45) is 0 Å². The van der Waals surface area contributed by atoms with Gasteiger partial charge >= 0.3 is 5.76 Å². The van der Waals surface area contributed by atoms with Gasteiger partial charge in [0.25, 0.3) is 5.69 Å². The molecular weight excluding hydrogens is 430 g/mol. The van der Waals surface area contributed by atoms with Crippen molar-refractivity contribution in [3.8, 4) is 11.5 Å². The van der Waals surface area contributed by atoms with E-state index in [2.05, 4.69) is 5.32 Å². The van der Waals surface area contributed by atoms with Gasteiger partial charge in [-0.3, -0.25) is 19.5 Å². The molecule has 0 aliphatic carbocycles. The SMILES string of the molecule is CCOc1ccc(C(C)NC(=O)CCCn2c(=O)oc3cc([N+](=O)[O-])ccc32)cc1OCC. The zero-order chi connectivity index (χ0) is 24.0. The fourth-order valence-corrected chi connectivity index (χ4v) is 3.51. The van der Waals surface area contributed by atoms with E-state index in [9.17, 15) is 19.7 Å². The van der Waals surface area contributed by atoms with E-state index >= 15 is 0 Å². The first-order valence-corrected chi connectivity index (χ1v) is 10.8. The number of nitrogens with one attached hydrogen (secondary N) is 1. The van der Waals surface area contributed by atoms with Crippen LogP contribution >= 0.6 is 0 Å². The van der Waals surface area contributed by atoms with Crippen LogP contribution in [0, 0.1) is 10.1 Å². The summed E-state index contributed by atoms with van der Waals surface area (Å²) in [4.78, 5) is 34.9. The third-order valence-electron chi connectivity index (χ3n) is 5.09. The number of amides is 1. The quantitative estimate of drug-likeness (QED) is 0.341. The van der Waals surface area contributed by atoms with Gasteiger partial charge in [-0.05, 0) is 51.0 Å². The number of ether oxygens (including phenoxy) is 2. The predicted octanol–water partition coefficient (Wildman–Crippen LogP) is 3.96. The normalized spacial score (nSPS) is 11.8. The highest BCUT2D eigenvalue weighted by Gasteiger charge is 2.16. The second-order valence-corrected chi connectivity index (χ2v) is 7.39. The van der Waals surface area contributed by atoms with E-state index in [4.69, 9.17) is 13.9 Å². The standard InChI is InChI=1S/C23H27N3O7/c1-4-31-19-11-8-16(13-21(19)32-5-2)15(3)24-22(27)7-6-12-25-18-10-9-17(26(29)30)14-20(18)33-23(25)28/h8-11,13-15H,4-7,12H2,1-3H3,(H,24,27). The van der Waals surface area contributed by atoms with Crippen LogP contribution in [0.3, 0.4) is 0 Å². The summed E-state index contributed by atoms with van der Waals surface area (Å²) in [5, 5.41) is 13.8. The lowest BCUT2D eigenvalue weighted by Crippen LogP contribution is -2.27. The van der Waals surface area contributed by atoms with Crippen LogP contribution in [0.4, 0.5) is 5.69 Å². The van der Waals surface area contributed by atoms with Crippen LogP contribution in [-0.4, -0.2) is 28.6 Å². The van der Waals surface area contributed by atoms with Crippen molar-refractivity contribution in [3.63, 3.8) is 0 Å². The highest BCUT2D eigenvalue weighted by Crippen LogP contribution is 2.30. The molecule has 0 aliphatic rings. The Morgan fingerprint density at radius 2 is 1.88 bits per heavy atom. The number of nitro benzene ring substituents is 1. The van der Waals surface area contributed by atoms with E-state index in [-0.39, 0.29) is 36.2 Å². The first-order chi connectivity index (χ1) is 15.8. The number of carbonyl (C=O) groups excluding carboxylic acids is 1. The fourth-order valence-electron chi connectivity index (χ4n) is 3.51. The van der Waals surface area contributed by atoms with Crippen LogP contribution in [0.5, 0.6) is 11.5 Å². The minimum Gasteiger partial charge on any atom is -0.490 e. The molecule has 0 radical (unpaired) electrons. The molecule has 0 aliphatic heterocycles. The molecule has 1 unspecified atom stereocenters. The number of hydrogen-bond donors (Lipinski definition) is 1. The monoisotopic (exact) mass is 457 g/mol. The largest absolute Gasteiger partial charge is 0.490 e. The highest BCUT2D eigenvalue weighted by atomic mass is 16.6. The molecule has 176 valence electrons. The number of aromatic nitrogens is 1. The number of rotatable bonds is 11. The number of carbonyl (C=O) groups is 1. The van der Waals surface area contributed by atoms with E-state index in [1.807, 2.05) is 39.0 Å². The number of nitrogens with zero attached hydrogens (tertiary/aromatic N) is 2. The number of oxazole rings is 1. The van der Waals surface area contributed by atoms with Crippen molar-refractivity contribution < 1.29 is 23.6 Å². The summed E-state index contributed by atoms with van der Waals surface area (Å²) >= 11 is 0. The molecule has 0 saturated heterocycles. The predicted molar refractivity (Wildman–Crippen MR) is 122 cm³/mol. The smallest absolute Gasteiger partial charge is 0.419 e. The second kappa shape index (κ2) is 10.7. The minimum atomic E-state index is -0.614. The zero-order valence-electron chi connectivity index (χ0n) is 18.8. The van der Waals surface area contributed by atoms with Gasteiger partial charge in [0.1, 0.15) is 0 Å². The Morgan fingerprint density at radius 3 is 2.58 bits per heavy atom. The molecule has 0 fully saturated rings. The summed E-state index contributed by atoms with van der Waals surface area (Å²) in [6.45, 7) is 6.95. The number of nitro groups is 1. The third-order valence-corrected chi connectivity index (χ3v) is 5.09. The van der Waals surface area contributed by atoms with Gasteiger partial charge in [-0.1, -0.05) is 6.07 Å². The van der Waals surface area contributed by atoms with Gasteiger partial charge in [0.2, 0.25) is 5.91 Å². The van der Waals surface area contributed by atoms with Crippen molar-refractivity contribution in [2.75, 3.05) is 13.2 Å². The van der Waals surface area contributed by atoms with E-state index in [1.54, 1.807) is 0 Å². The molecule has 1 atom stereocenters. The Morgan fingerprint density at radius 1 is 1.15 bits per heavy atom. The van der Waals surface area contributed by atoms with Crippen LogP contribution in [-0.2, 0) is 11.3 Å². The van der Waals surface area contributed by atoms with Crippen LogP contribution in [0.1, 0.15) is 45.2 Å². The van der Waals surface area contributed by atoms with Crippen molar-refractivity contribution in [1.29, 1.82) is 0 Å².